The minimum absolute atomic E-state index is 0.0720. The molecule has 0 aromatic rings. The molecule has 1 amide bonds. The number of unbranched alkanes of at least 4 members (excludes halogenated alkanes) is 1. The number of amides is 1. The van der Waals surface area contributed by atoms with E-state index in [-0.39, 0.29) is 23.8 Å². The van der Waals surface area contributed by atoms with Gasteiger partial charge in [-0.15, -0.1) is 0 Å². The summed E-state index contributed by atoms with van der Waals surface area (Å²) in [5.41, 5.74) is 0.136. The van der Waals surface area contributed by atoms with E-state index in [1.54, 1.807) is 0 Å². The molecule has 100 valence electrons. The summed E-state index contributed by atoms with van der Waals surface area (Å²) in [4.78, 5) is 14.3. The predicted molar refractivity (Wildman–Crippen MR) is 69.7 cm³/mol. The molecule has 3 nitrogen and oxygen atoms in total. The van der Waals surface area contributed by atoms with Crippen LogP contribution in [0.3, 0.4) is 0 Å². The van der Waals surface area contributed by atoms with Gasteiger partial charge in [-0.25, -0.2) is 0 Å². The van der Waals surface area contributed by atoms with Crippen molar-refractivity contribution < 1.29 is 9.90 Å². The maximum absolute atomic E-state index is 12.5. The van der Waals surface area contributed by atoms with Crippen LogP contribution in [-0.4, -0.2) is 35.6 Å². The van der Waals surface area contributed by atoms with Crippen LogP contribution in [0.25, 0.3) is 0 Å². The van der Waals surface area contributed by atoms with E-state index in [0.717, 1.165) is 38.6 Å². The van der Waals surface area contributed by atoms with Crippen molar-refractivity contribution in [2.75, 3.05) is 19.7 Å². The third-order valence-corrected chi connectivity index (χ3v) is 4.02. The fourth-order valence-corrected chi connectivity index (χ4v) is 2.81. The van der Waals surface area contributed by atoms with E-state index in [0.29, 0.717) is 6.54 Å². The van der Waals surface area contributed by atoms with Crippen LogP contribution in [0.2, 0.25) is 0 Å². The van der Waals surface area contributed by atoms with Gasteiger partial charge in [0, 0.05) is 19.0 Å². The molecular formula is C14H27NO2. The Balaban J connectivity index is 2.63. The normalized spacial score (nSPS) is 22.7. The van der Waals surface area contributed by atoms with Crippen molar-refractivity contribution in [2.24, 2.45) is 11.3 Å². The molecule has 0 radical (unpaired) electrons. The molecule has 1 fully saturated rings. The van der Waals surface area contributed by atoms with Gasteiger partial charge in [-0.1, -0.05) is 33.6 Å². The van der Waals surface area contributed by atoms with Crippen molar-refractivity contribution >= 4 is 5.91 Å². The van der Waals surface area contributed by atoms with Crippen LogP contribution >= 0.6 is 0 Å². The standard InChI is InChI=1S/C14H27NO2/c1-4-5-9-15(10-11-16)13(17)12-7-6-8-14(12,2)3/h12,16H,4-11H2,1-3H3. The summed E-state index contributed by atoms with van der Waals surface area (Å²) >= 11 is 0. The van der Waals surface area contributed by atoms with Crippen molar-refractivity contribution in [1.82, 2.24) is 4.90 Å². The summed E-state index contributed by atoms with van der Waals surface area (Å²) in [5, 5.41) is 9.06. The van der Waals surface area contributed by atoms with Crippen molar-refractivity contribution in [3.05, 3.63) is 0 Å². The first-order valence-corrected chi connectivity index (χ1v) is 6.92. The zero-order valence-corrected chi connectivity index (χ0v) is 11.5. The molecule has 0 spiro atoms. The van der Waals surface area contributed by atoms with Gasteiger partial charge in [0.25, 0.3) is 0 Å². The maximum Gasteiger partial charge on any atom is 0.226 e. The van der Waals surface area contributed by atoms with Crippen LogP contribution in [0.5, 0.6) is 0 Å². The zero-order chi connectivity index (χ0) is 12.9. The highest BCUT2D eigenvalue weighted by Gasteiger charge is 2.40. The first-order valence-electron chi connectivity index (χ1n) is 6.92. The largest absolute Gasteiger partial charge is 0.395 e. The van der Waals surface area contributed by atoms with E-state index in [1.165, 1.54) is 0 Å². The molecule has 1 aliphatic carbocycles. The Kier molecular flexibility index (Phi) is 5.44. The van der Waals surface area contributed by atoms with Gasteiger partial charge in [0.2, 0.25) is 5.91 Å². The van der Waals surface area contributed by atoms with E-state index in [4.69, 9.17) is 5.11 Å². The smallest absolute Gasteiger partial charge is 0.226 e. The molecule has 1 aliphatic rings. The topological polar surface area (TPSA) is 40.5 Å². The Morgan fingerprint density at radius 1 is 1.41 bits per heavy atom. The second kappa shape index (κ2) is 6.39. The minimum atomic E-state index is 0.0720. The molecule has 17 heavy (non-hydrogen) atoms. The highest BCUT2D eigenvalue weighted by molar-refractivity contribution is 5.80. The summed E-state index contributed by atoms with van der Waals surface area (Å²) in [6, 6.07) is 0. The SMILES string of the molecule is CCCCN(CCO)C(=O)C1CCCC1(C)C. The number of hydrogen-bond donors (Lipinski definition) is 1. The van der Waals surface area contributed by atoms with Crippen LogP contribution in [0, 0.1) is 11.3 Å². The van der Waals surface area contributed by atoms with Gasteiger partial charge in [-0.3, -0.25) is 4.79 Å². The fourth-order valence-electron chi connectivity index (χ4n) is 2.81. The van der Waals surface area contributed by atoms with Gasteiger partial charge in [-0.05, 0) is 24.7 Å². The van der Waals surface area contributed by atoms with Crippen molar-refractivity contribution in [1.29, 1.82) is 0 Å². The molecule has 1 saturated carbocycles. The lowest BCUT2D eigenvalue weighted by Gasteiger charge is -2.31. The molecule has 1 N–H and O–H groups in total. The summed E-state index contributed by atoms with van der Waals surface area (Å²) in [5.74, 6) is 0.418. The third kappa shape index (κ3) is 3.70. The van der Waals surface area contributed by atoms with Gasteiger partial charge < -0.3 is 10.0 Å². The minimum Gasteiger partial charge on any atom is -0.395 e. The first kappa shape index (κ1) is 14.5. The fraction of sp³-hybridized carbons (Fsp3) is 0.929. The van der Waals surface area contributed by atoms with E-state index < -0.39 is 0 Å². The van der Waals surface area contributed by atoms with E-state index in [9.17, 15) is 4.79 Å². The number of carbonyl (C=O) groups excluding carboxylic acids is 1. The van der Waals surface area contributed by atoms with Crippen molar-refractivity contribution in [3.8, 4) is 0 Å². The third-order valence-electron chi connectivity index (χ3n) is 4.02. The van der Waals surface area contributed by atoms with Crippen LogP contribution in [-0.2, 0) is 4.79 Å². The molecule has 3 heteroatoms. The summed E-state index contributed by atoms with van der Waals surface area (Å²) in [6.45, 7) is 7.87. The monoisotopic (exact) mass is 241 g/mol. The first-order chi connectivity index (χ1) is 8.03. The molecule has 0 bridgehead atoms. The van der Waals surface area contributed by atoms with Crippen LogP contribution in [0.1, 0.15) is 52.9 Å². The van der Waals surface area contributed by atoms with Crippen molar-refractivity contribution in [2.45, 2.75) is 52.9 Å². The Labute approximate surface area is 105 Å². The number of aliphatic hydroxyl groups excluding tert-OH is 1. The number of aliphatic hydroxyl groups is 1. The molecule has 0 saturated heterocycles. The highest BCUT2D eigenvalue weighted by Crippen LogP contribution is 2.43. The van der Waals surface area contributed by atoms with Crippen LogP contribution in [0.4, 0.5) is 0 Å². The average molecular weight is 241 g/mol. The van der Waals surface area contributed by atoms with Gasteiger partial charge in [0.05, 0.1) is 6.61 Å². The van der Waals surface area contributed by atoms with E-state index >= 15 is 0 Å². The van der Waals surface area contributed by atoms with Gasteiger partial charge >= 0.3 is 0 Å². The number of hydrogen-bond acceptors (Lipinski definition) is 2. The molecule has 1 atom stereocenters. The second-order valence-corrected chi connectivity index (χ2v) is 5.84. The van der Waals surface area contributed by atoms with Gasteiger partial charge in [0.15, 0.2) is 0 Å². The van der Waals surface area contributed by atoms with Crippen molar-refractivity contribution in [3.63, 3.8) is 0 Å². The lowest BCUT2D eigenvalue weighted by atomic mass is 9.81. The Morgan fingerprint density at radius 3 is 2.59 bits per heavy atom. The summed E-state index contributed by atoms with van der Waals surface area (Å²) in [7, 11) is 0. The lowest BCUT2D eigenvalue weighted by molar-refractivity contribution is -0.139. The molecular weight excluding hydrogens is 214 g/mol. The number of rotatable bonds is 6. The Bertz CT molecular complexity index is 251. The molecule has 0 aromatic heterocycles. The maximum atomic E-state index is 12.5. The van der Waals surface area contributed by atoms with Crippen LogP contribution < -0.4 is 0 Å². The average Bonchev–Trinajstić information content (AvgIpc) is 2.63. The molecule has 1 rings (SSSR count). The molecule has 0 aliphatic heterocycles. The van der Waals surface area contributed by atoms with Gasteiger partial charge in [0.1, 0.15) is 0 Å². The molecule has 0 aromatic carbocycles. The van der Waals surface area contributed by atoms with Gasteiger partial charge in [-0.2, -0.15) is 0 Å². The molecule has 0 heterocycles. The highest BCUT2D eigenvalue weighted by atomic mass is 16.3. The summed E-state index contributed by atoms with van der Waals surface area (Å²) < 4.78 is 0. The quantitative estimate of drug-likeness (QED) is 0.776. The number of carbonyl (C=O) groups is 1. The van der Waals surface area contributed by atoms with E-state index in [1.807, 2.05) is 4.90 Å². The zero-order valence-electron chi connectivity index (χ0n) is 11.5. The second-order valence-electron chi connectivity index (χ2n) is 5.84. The summed E-state index contributed by atoms with van der Waals surface area (Å²) in [6.07, 6.45) is 5.43. The Hall–Kier alpha value is -0.570. The van der Waals surface area contributed by atoms with Crippen LogP contribution in [0.15, 0.2) is 0 Å². The number of nitrogens with zero attached hydrogens (tertiary/aromatic N) is 1. The lowest BCUT2D eigenvalue weighted by Crippen LogP contribution is -2.42. The molecule has 1 unspecified atom stereocenters. The predicted octanol–water partition coefficient (Wildman–Crippen LogP) is 2.43. The van der Waals surface area contributed by atoms with E-state index in [2.05, 4.69) is 20.8 Å². The Morgan fingerprint density at radius 2 is 2.12 bits per heavy atom.